The van der Waals surface area contributed by atoms with Gasteiger partial charge in [0.2, 0.25) is 10.0 Å². The first-order valence-corrected chi connectivity index (χ1v) is 11.0. The van der Waals surface area contributed by atoms with Gasteiger partial charge in [0, 0.05) is 18.5 Å². The summed E-state index contributed by atoms with van der Waals surface area (Å²) < 4.78 is 32.1. The molecule has 9 nitrogen and oxygen atoms in total. The van der Waals surface area contributed by atoms with Gasteiger partial charge in [-0.15, -0.1) is 0 Å². The number of amidine groups is 1. The fourth-order valence-electron chi connectivity index (χ4n) is 3.13. The van der Waals surface area contributed by atoms with Crippen LogP contribution in [0.3, 0.4) is 0 Å². The van der Waals surface area contributed by atoms with Crippen molar-refractivity contribution in [3.63, 3.8) is 0 Å². The maximum Gasteiger partial charge on any atom is 0.325 e. The Labute approximate surface area is 182 Å². The minimum Gasteiger partial charge on any atom is -0.480 e. The monoisotopic (exact) mass is 529 g/mol. The van der Waals surface area contributed by atoms with Gasteiger partial charge in [0.25, 0.3) is 0 Å². The van der Waals surface area contributed by atoms with Crippen molar-refractivity contribution < 1.29 is 18.3 Å². The third-order valence-corrected chi connectivity index (χ3v) is 6.67. The topological polar surface area (TPSA) is 137 Å². The van der Waals surface area contributed by atoms with E-state index in [0.29, 0.717) is 11.4 Å². The number of rotatable bonds is 7. The van der Waals surface area contributed by atoms with E-state index in [1.54, 1.807) is 66.3 Å². The average Bonchev–Trinajstić information content (AvgIpc) is 3.41. The Morgan fingerprint density at radius 1 is 1.24 bits per heavy atom. The molecule has 5 N–H and O–H groups in total. The number of aliphatic carboxylic acids is 1. The van der Waals surface area contributed by atoms with E-state index in [1.807, 2.05) is 6.07 Å². The summed E-state index contributed by atoms with van der Waals surface area (Å²) in [7, 11) is -2.45. The number of halogens is 1. The lowest BCUT2D eigenvalue weighted by atomic mass is 10.1. The van der Waals surface area contributed by atoms with Crippen LogP contribution < -0.4 is 16.0 Å². The summed E-state index contributed by atoms with van der Waals surface area (Å²) in [4.78, 5) is 11.9. The van der Waals surface area contributed by atoms with Gasteiger partial charge in [-0.3, -0.25) is 16.1 Å². The van der Waals surface area contributed by atoms with E-state index in [4.69, 9.17) is 5.84 Å². The fourth-order valence-corrected chi connectivity index (χ4v) is 4.92. The van der Waals surface area contributed by atoms with E-state index in [-0.39, 0.29) is 11.3 Å². The quantitative estimate of drug-likeness (QED) is 0.140. The van der Waals surface area contributed by atoms with Gasteiger partial charge in [0.05, 0.1) is 27.8 Å². The molecule has 1 aliphatic carbocycles. The Morgan fingerprint density at radius 3 is 2.38 bits per heavy atom. The Hall–Kier alpha value is -2.06. The van der Waals surface area contributed by atoms with Gasteiger partial charge in [-0.25, -0.2) is 8.42 Å². The molecular weight excluding hydrogens is 509 g/mol. The Morgan fingerprint density at radius 2 is 1.86 bits per heavy atom. The molecule has 0 heterocycles. The van der Waals surface area contributed by atoms with Gasteiger partial charge in [-0.1, -0.05) is 30.3 Å². The van der Waals surface area contributed by atoms with Gasteiger partial charge < -0.3 is 5.11 Å². The minimum atomic E-state index is -4.04. The van der Waals surface area contributed by atoms with Crippen LogP contribution in [0.25, 0.3) is 0 Å². The molecule has 0 spiro atoms. The summed E-state index contributed by atoms with van der Waals surface area (Å²) in [6.45, 7) is 0. The molecule has 0 radical (unpaired) electrons. The number of nitrogens with one attached hydrogen (secondary N) is 2. The summed E-state index contributed by atoms with van der Waals surface area (Å²) in [5.41, 5.74) is 2.67. The first-order valence-electron chi connectivity index (χ1n) is 8.56. The first kappa shape index (κ1) is 21.6. The van der Waals surface area contributed by atoms with Crippen LogP contribution in [0.4, 0.5) is 0 Å². The number of carboxylic acids is 1. The molecule has 1 saturated carbocycles. The Kier molecular flexibility index (Phi) is 6.24. The van der Waals surface area contributed by atoms with Crippen LogP contribution in [0.15, 0.2) is 62.7 Å². The molecule has 2 aromatic carbocycles. The molecule has 2 atom stereocenters. The number of carboxylic acid groups (broad SMARTS) is 1. The van der Waals surface area contributed by atoms with Gasteiger partial charge in [0.1, 0.15) is 5.54 Å². The summed E-state index contributed by atoms with van der Waals surface area (Å²) in [5.74, 6) is 4.38. The van der Waals surface area contributed by atoms with E-state index in [2.05, 4.69) is 13.4 Å². The zero-order valence-corrected chi connectivity index (χ0v) is 18.4. The molecule has 0 aliphatic heterocycles. The summed E-state index contributed by atoms with van der Waals surface area (Å²) >= 11 is 1.80. The largest absolute Gasteiger partial charge is 0.480 e. The third-order valence-electron chi connectivity index (χ3n) is 4.67. The van der Waals surface area contributed by atoms with Gasteiger partial charge in [-0.2, -0.15) is 13.0 Å². The van der Waals surface area contributed by atoms with Crippen molar-refractivity contribution in [3.8, 4) is 0 Å². The summed E-state index contributed by atoms with van der Waals surface area (Å²) in [6, 6.07) is 14.9. The van der Waals surface area contributed by atoms with Crippen molar-refractivity contribution in [1.29, 1.82) is 0 Å². The molecule has 0 bridgehead atoms. The number of sulfonamides is 1. The summed E-state index contributed by atoms with van der Waals surface area (Å²) in [6.07, 6.45) is 0.196. The van der Waals surface area contributed by atoms with E-state index < -0.39 is 27.4 Å². The Balaban J connectivity index is 1.83. The SMILES string of the molecule is CN(N)NC(=NI)c1ccc(S(=O)(=O)NC2(C(=O)O)CC2c2ccccc2)cc1. The van der Waals surface area contributed by atoms with Crippen LogP contribution in [-0.2, 0) is 14.8 Å². The van der Waals surface area contributed by atoms with Crippen molar-refractivity contribution in [2.24, 2.45) is 9.05 Å². The second-order valence-electron chi connectivity index (χ2n) is 6.73. The minimum absolute atomic E-state index is 0.0329. The standard InChI is InChI=1S/C18H20IN5O4S/c1-24(20)22-16(21-19)13-7-9-14(10-8-13)29(27,28)23-18(17(25)26)11-15(18)12-5-3-2-4-6-12/h2-10,15,23H,11,20H2,1H3,(H,21,22)(H,25,26). The normalized spacial score (nSPS) is 21.8. The maximum absolute atomic E-state index is 12.8. The molecular formula is C18H20IN5O4S. The number of hydrogen-bond donors (Lipinski definition) is 4. The number of carbonyl (C=O) groups is 1. The molecule has 3 rings (SSSR count). The van der Waals surface area contributed by atoms with Crippen LogP contribution >= 0.6 is 22.9 Å². The molecule has 1 aliphatic rings. The van der Waals surface area contributed by atoms with Crippen molar-refractivity contribution in [2.45, 2.75) is 22.8 Å². The van der Waals surface area contributed by atoms with E-state index in [1.165, 1.54) is 17.3 Å². The van der Waals surface area contributed by atoms with E-state index in [9.17, 15) is 18.3 Å². The molecule has 0 saturated heterocycles. The highest BCUT2D eigenvalue weighted by Gasteiger charge is 2.63. The molecule has 29 heavy (non-hydrogen) atoms. The van der Waals surface area contributed by atoms with E-state index in [0.717, 1.165) is 5.56 Å². The number of nitrogens with zero attached hydrogens (tertiary/aromatic N) is 2. The molecule has 1 fully saturated rings. The number of benzene rings is 2. The van der Waals surface area contributed by atoms with Gasteiger partial charge in [-0.05, 0) is 36.2 Å². The van der Waals surface area contributed by atoms with E-state index >= 15 is 0 Å². The van der Waals surface area contributed by atoms with Crippen LogP contribution in [-0.4, -0.2) is 43.0 Å². The fraction of sp³-hybridized carbons (Fsp3) is 0.222. The lowest BCUT2D eigenvalue weighted by Crippen LogP contribution is -2.44. The highest BCUT2D eigenvalue weighted by Crippen LogP contribution is 2.52. The molecule has 0 aromatic heterocycles. The second kappa shape index (κ2) is 8.36. The predicted molar refractivity (Wildman–Crippen MR) is 117 cm³/mol. The first-order chi connectivity index (χ1) is 13.7. The number of hydrogen-bond acceptors (Lipinski definition) is 6. The number of hydrazine groups is 2. The maximum atomic E-state index is 12.8. The van der Waals surface area contributed by atoms with Gasteiger partial charge in [0.15, 0.2) is 5.84 Å². The highest BCUT2D eigenvalue weighted by molar-refractivity contribution is 14.1. The van der Waals surface area contributed by atoms with Crippen molar-refractivity contribution >= 4 is 44.7 Å². The third kappa shape index (κ3) is 4.59. The molecule has 2 unspecified atom stereocenters. The molecule has 0 amide bonds. The zero-order chi connectivity index (χ0) is 21.2. The van der Waals surface area contributed by atoms with Crippen molar-refractivity contribution in [1.82, 2.24) is 15.3 Å². The molecule has 11 heteroatoms. The van der Waals surface area contributed by atoms with Crippen molar-refractivity contribution in [3.05, 3.63) is 65.7 Å². The highest BCUT2D eigenvalue weighted by atomic mass is 127. The van der Waals surface area contributed by atoms with Crippen LogP contribution in [0, 0.1) is 0 Å². The second-order valence-corrected chi connectivity index (χ2v) is 8.89. The number of nitrogens with two attached hydrogens (primary N) is 1. The molecule has 2 aromatic rings. The van der Waals surface area contributed by atoms with Crippen LogP contribution in [0.5, 0.6) is 0 Å². The Bertz CT molecular complexity index is 1030. The van der Waals surface area contributed by atoms with Crippen LogP contribution in [0.1, 0.15) is 23.5 Å². The summed E-state index contributed by atoms with van der Waals surface area (Å²) in [5, 5.41) is 10.9. The van der Waals surface area contributed by atoms with Gasteiger partial charge >= 0.3 is 5.97 Å². The lowest BCUT2D eigenvalue weighted by Gasteiger charge is -2.17. The van der Waals surface area contributed by atoms with Crippen molar-refractivity contribution in [2.75, 3.05) is 7.05 Å². The zero-order valence-electron chi connectivity index (χ0n) is 15.4. The molecule has 154 valence electrons. The average molecular weight is 529 g/mol. The lowest BCUT2D eigenvalue weighted by molar-refractivity contribution is -0.140. The predicted octanol–water partition coefficient (Wildman–Crippen LogP) is 1.38. The van der Waals surface area contributed by atoms with Crippen LogP contribution in [0.2, 0.25) is 0 Å². The smallest absolute Gasteiger partial charge is 0.325 e.